The summed E-state index contributed by atoms with van der Waals surface area (Å²) >= 11 is 1.54. The van der Waals surface area contributed by atoms with Crippen molar-refractivity contribution in [3.8, 4) is 5.75 Å². The van der Waals surface area contributed by atoms with Gasteiger partial charge in [0, 0.05) is 4.88 Å². The molecule has 1 amide bonds. The number of carbonyl (C=O) groups is 1. The molecule has 0 saturated carbocycles. The van der Waals surface area contributed by atoms with Gasteiger partial charge in [-0.15, -0.1) is 11.3 Å². The van der Waals surface area contributed by atoms with Crippen LogP contribution in [-0.2, 0) is 11.2 Å². The van der Waals surface area contributed by atoms with Crippen molar-refractivity contribution in [3.63, 3.8) is 0 Å². The van der Waals surface area contributed by atoms with Gasteiger partial charge < -0.3 is 10.1 Å². The van der Waals surface area contributed by atoms with Crippen LogP contribution in [0.3, 0.4) is 0 Å². The van der Waals surface area contributed by atoms with Crippen molar-refractivity contribution in [3.05, 3.63) is 87.9 Å². The standard InChI is InChI=1S/C21H20FNO2S/c1-2-15-5-11-18(12-6-15)25-14-20(24)23-21(19-4-3-13-26-19)16-7-9-17(22)10-8-16/h3-13,21H,2,14H2,1H3,(H,23,24)/t21-/m1/s1. The van der Waals surface area contributed by atoms with E-state index in [0.29, 0.717) is 5.75 Å². The second kappa shape index (κ2) is 8.63. The lowest BCUT2D eigenvalue weighted by Gasteiger charge is -2.18. The number of carbonyl (C=O) groups excluding carboxylic acids is 1. The molecule has 0 unspecified atom stereocenters. The molecule has 0 spiro atoms. The summed E-state index contributed by atoms with van der Waals surface area (Å²) in [6.07, 6.45) is 0.959. The van der Waals surface area contributed by atoms with Gasteiger partial charge in [-0.1, -0.05) is 37.3 Å². The van der Waals surface area contributed by atoms with Crippen LogP contribution in [0.5, 0.6) is 5.75 Å². The molecule has 0 aliphatic carbocycles. The number of aryl methyl sites for hydroxylation is 1. The van der Waals surface area contributed by atoms with E-state index >= 15 is 0 Å². The molecule has 134 valence electrons. The third-order valence-corrected chi connectivity index (χ3v) is 4.98. The maximum absolute atomic E-state index is 13.2. The Hall–Kier alpha value is -2.66. The van der Waals surface area contributed by atoms with Crippen LogP contribution >= 0.6 is 11.3 Å². The van der Waals surface area contributed by atoms with Crippen molar-refractivity contribution < 1.29 is 13.9 Å². The Morgan fingerprint density at radius 3 is 2.46 bits per heavy atom. The largest absolute Gasteiger partial charge is 0.484 e. The molecule has 3 aromatic rings. The Balaban J connectivity index is 1.66. The summed E-state index contributed by atoms with van der Waals surface area (Å²) in [7, 11) is 0. The minimum Gasteiger partial charge on any atom is -0.484 e. The van der Waals surface area contributed by atoms with Crippen LogP contribution in [0.25, 0.3) is 0 Å². The van der Waals surface area contributed by atoms with E-state index in [1.54, 1.807) is 23.5 Å². The Morgan fingerprint density at radius 2 is 1.85 bits per heavy atom. The molecule has 5 heteroatoms. The van der Waals surface area contributed by atoms with E-state index < -0.39 is 0 Å². The van der Waals surface area contributed by atoms with Gasteiger partial charge in [0.05, 0.1) is 6.04 Å². The molecule has 0 bridgehead atoms. The lowest BCUT2D eigenvalue weighted by atomic mass is 10.1. The molecular formula is C21H20FNO2S. The van der Waals surface area contributed by atoms with Gasteiger partial charge in [0.2, 0.25) is 0 Å². The molecule has 2 aromatic carbocycles. The molecule has 1 heterocycles. The van der Waals surface area contributed by atoms with Crippen molar-refractivity contribution in [2.45, 2.75) is 19.4 Å². The predicted octanol–water partition coefficient (Wildman–Crippen LogP) is 4.73. The molecule has 1 N–H and O–H groups in total. The minimum absolute atomic E-state index is 0.0749. The molecule has 3 nitrogen and oxygen atoms in total. The van der Waals surface area contributed by atoms with Gasteiger partial charge in [-0.3, -0.25) is 4.79 Å². The van der Waals surface area contributed by atoms with Crippen LogP contribution in [0, 0.1) is 5.82 Å². The molecule has 1 aromatic heterocycles. The second-order valence-electron chi connectivity index (χ2n) is 5.85. The Kier molecular flexibility index (Phi) is 6.02. The quantitative estimate of drug-likeness (QED) is 0.654. The molecular weight excluding hydrogens is 349 g/mol. The molecule has 0 radical (unpaired) electrons. The first-order chi connectivity index (χ1) is 12.7. The average molecular weight is 369 g/mol. The van der Waals surface area contributed by atoms with Crippen LogP contribution in [0.15, 0.2) is 66.0 Å². The van der Waals surface area contributed by atoms with Crippen molar-refractivity contribution in [2.24, 2.45) is 0 Å². The lowest BCUT2D eigenvalue weighted by molar-refractivity contribution is -0.123. The summed E-state index contributed by atoms with van der Waals surface area (Å²) in [5.74, 6) is 0.128. The molecule has 0 aliphatic heterocycles. The number of halogens is 1. The first-order valence-electron chi connectivity index (χ1n) is 8.45. The SMILES string of the molecule is CCc1ccc(OCC(=O)N[C@H](c2ccc(F)cc2)c2cccs2)cc1. The number of rotatable bonds is 7. The monoisotopic (exact) mass is 369 g/mol. The molecule has 0 fully saturated rings. The number of benzene rings is 2. The highest BCUT2D eigenvalue weighted by Crippen LogP contribution is 2.26. The first-order valence-corrected chi connectivity index (χ1v) is 9.33. The van der Waals surface area contributed by atoms with E-state index in [9.17, 15) is 9.18 Å². The number of nitrogens with one attached hydrogen (secondary N) is 1. The number of thiophene rings is 1. The number of amides is 1. The topological polar surface area (TPSA) is 38.3 Å². The highest BCUT2D eigenvalue weighted by Gasteiger charge is 2.18. The number of ether oxygens (including phenoxy) is 1. The summed E-state index contributed by atoms with van der Waals surface area (Å²) in [6.45, 7) is 2.01. The zero-order valence-corrected chi connectivity index (χ0v) is 15.3. The van der Waals surface area contributed by atoms with Gasteiger partial charge in [0.25, 0.3) is 5.91 Å². The molecule has 1 atom stereocenters. The average Bonchev–Trinajstić information content (AvgIpc) is 3.20. The maximum Gasteiger partial charge on any atom is 0.258 e. The van der Waals surface area contributed by atoms with E-state index in [4.69, 9.17) is 4.74 Å². The molecule has 26 heavy (non-hydrogen) atoms. The predicted molar refractivity (Wildman–Crippen MR) is 102 cm³/mol. The molecule has 0 saturated heterocycles. The summed E-state index contributed by atoms with van der Waals surface area (Å²) in [4.78, 5) is 13.4. The Morgan fingerprint density at radius 1 is 1.12 bits per heavy atom. The van der Waals surface area contributed by atoms with E-state index in [-0.39, 0.29) is 24.4 Å². The van der Waals surface area contributed by atoms with Gasteiger partial charge >= 0.3 is 0 Å². The van der Waals surface area contributed by atoms with Crippen molar-refractivity contribution in [2.75, 3.05) is 6.61 Å². The maximum atomic E-state index is 13.2. The second-order valence-corrected chi connectivity index (χ2v) is 6.83. The highest BCUT2D eigenvalue weighted by atomic mass is 32.1. The number of hydrogen-bond donors (Lipinski definition) is 1. The van der Waals surface area contributed by atoms with Gasteiger partial charge in [-0.2, -0.15) is 0 Å². The number of hydrogen-bond acceptors (Lipinski definition) is 3. The molecule has 0 aliphatic rings. The summed E-state index contributed by atoms with van der Waals surface area (Å²) < 4.78 is 18.8. The molecule has 3 rings (SSSR count). The fourth-order valence-electron chi connectivity index (χ4n) is 2.60. The highest BCUT2D eigenvalue weighted by molar-refractivity contribution is 7.10. The van der Waals surface area contributed by atoms with Crippen molar-refractivity contribution >= 4 is 17.2 Å². The zero-order chi connectivity index (χ0) is 18.4. The minimum atomic E-state index is -0.325. The van der Waals surface area contributed by atoms with Gasteiger partial charge in [-0.05, 0) is 53.3 Å². The first kappa shape index (κ1) is 18.1. The summed E-state index contributed by atoms with van der Waals surface area (Å²) in [6, 6.07) is 17.4. The van der Waals surface area contributed by atoms with Crippen molar-refractivity contribution in [1.82, 2.24) is 5.32 Å². The summed E-state index contributed by atoms with van der Waals surface area (Å²) in [5, 5.41) is 4.92. The third kappa shape index (κ3) is 4.70. The van der Waals surface area contributed by atoms with Crippen LogP contribution in [0.1, 0.15) is 29.0 Å². The Bertz CT molecular complexity index is 829. The van der Waals surface area contributed by atoms with E-state index in [1.165, 1.54) is 17.7 Å². The van der Waals surface area contributed by atoms with Crippen LogP contribution < -0.4 is 10.1 Å². The fourth-order valence-corrected chi connectivity index (χ4v) is 3.40. The summed E-state index contributed by atoms with van der Waals surface area (Å²) in [5.41, 5.74) is 2.05. The van der Waals surface area contributed by atoms with Crippen LogP contribution in [-0.4, -0.2) is 12.5 Å². The van der Waals surface area contributed by atoms with Crippen LogP contribution in [0.4, 0.5) is 4.39 Å². The zero-order valence-electron chi connectivity index (χ0n) is 14.4. The normalized spacial score (nSPS) is 11.8. The van der Waals surface area contributed by atoms with Crippen molar-refractivity contribution in [1.29, 1.82) is 0 Å². The van der Waals surface area contributed by atoms with Crippen LogP contribution in [0.2, 0.25) is 0 Å². The van der Waals surface area contributed by atoms with Gasteiger partial charge in [0.1, 0.15) is 11.6 Å². The lowest BCUT2D eigenvalue weighted by Crippen LogP contribution is -2.32. The van der Waals surface area contributed by atoms with E-state index in [2.05, 4.69) is 12.2 Å². The van der Waals surface area contributed by atoms with E-state index in [1.807, 2.05) is 41.8 Å². The van der Waals surface area contributed by atoms with Gasteiger partial charge in [0.15, 0.2) is 6.61 Å². The Labute approximate surface area is 156 Å². The smallest absolute Gasteiger partial charge is 0.258 e. The van der Waals surface area contributed by atoms with E-state index in [0.717, 1.165) is 16.9 Å². The van der Waals surface area contributed by atoms with Gasteiger partial charge in [-0.25, -0.2) is 4.39 Å². The fraction of sp³-hybridized carbons (Fsp3) is 0.190. The third-order valence-electron chi connectivity index (χ3n) is 4.04.